The van der Waals surface area contributed by atoms with Gasteiger partial charge in [-0.25, -0.2) is 17.8 Å². The highest BCUT2D eigenvalue weighted by molar-refractivity contribution is 9.10. The van der Waals surface area contributed by atoms with Gasteiger partial charge in [-0.3, -0.25) is 0 Å². The molecular formula is C15H11BrCl2N4O2S. The van der Waals surface area contributed by atoms with Crippen molar-refractivity contribution in [2.75, 3.05) is 4.72 Å². The number of rotatable bonds is 5. The molecule has 3 rings (SSSR count). The fourth-order valence-corrected chi connectivity index (χ4v) is 3.71. The number of benzene rings is 2. The minimum atomic E-state index is -3.76. The smallest absolute Gasteiger partial charge is 0.246 e. The summed E-state index contributed by atoms with van der Waals surface area (Å²) in [5.74, 6) is -0.0204. The van der Waals surface area contributed by atoms with Gasteiger partial charge in [-0.2, -0.15) is 4.98 Å². The summed E-state index contributed by atoms with van der Waals surface area (Å²) in [6.07, 6.45) is 1.42. The summed E-state index contributed by atoms with van der Waals surface area (Å²) < 4.78 is 29.3. The van der Waals surface area contributed by atoms with Crippen LogP contribution in [-0.2, 0) is 16.6 Å². The molecule has 0 fully saturated rings. The number of hydrogen-bond donors (Lipinski definition) is 1. The van der Waals surface area contributed by atoms with Gasteiger partial charge in [-0.05, 0) is 42.0 Å². The molecule has 0 atom stereocenters. The van der Waals surface area contributed by atoms with Gasteiger partial charge >= 0.3 is 0 Å². The van der Waals surface area contributed by atoms with Crippen LogP contribution in [0.15, 0.2) is 58.2 Å². The van der Waals surface area contributed by atoms with E-state index in [1.54, 1.807) is 30.3 Å². The van der Waals surface area contributed by atoms with Crippen LogP contribution in [0, 0.1) is 0 Å². The van der Waals surface area contributed by atoms with Crippen molar-refractivity contribution in [3.63, 3.8) is 0 Å². The van der Waals surface area contributed by atoms with Crippen LogP contribution in [0.4, 0.5) is 5.95 Å². The number of nitrogens with zero attached hydrogens (tertiary/aromatic N) is 3. The van der Waals surface area contributed by atoms with E-state index >= 15 is 0 Å². The molecule has 0 unspecified atom stereocenters. The maximum atomic E-state index is 12.3. The van der Waals surface area contributed by atoms with Crippen molar-refractivity contribution in [2.45, 2.75) is 11.4 Å². The van der Waals surface area contributed by atoms with Crippen LogP contribution in [0.25, 0.3) is 0 Å². The lowest BCUT2D eigenvalue weighted by Crippen LogP contribution is -2.14. The van der Waals surface area contributed by atoms with E-state index in [2.05, 4.69) is 30.7 Å². The number of halogens is 3. The van der Waals surface area contributed by atoms with Crippen LogP contribution in [0.2, 0.25) is 10.0 Å². The molecule has 1 N–H and O–H groups in total. The van der Waals surface area contributed by atoms with Crippen LogP contribution in [0.3, 0.4) is 0 Å². The first-order valence-corrected chi connectivity index (χ1v) is 9.98. The van der Waals surface area contributed by atoms with Gasteiger partial charge in [0.25, 0.3) is 16.0 Å². The van der Waals surface area contributed by atoms with Crippen LogP contribution in [0.1, 0.15) is 5.56 Å². The van der Waals surface area contributed by atoms with Crippen molar-refractivity contribution in [2.24, 2.45) is 0 Å². The third-order valence-corrected chi connectivity index (χ3v) is 5.69. The Morgan fingerprint density at radius 2 is 1.84 bits per heavy atom. The third kappa shape index (κ3) is 4.52. The molecule has 0 saturated carbocycles. The minimum Gasteiger partial charge on any atom is -0.246 e. The third-order valence-electron chi connectivity index (χ3n) is 3.23. The summed E-state index contributed by atoms with van der Waals surface area (Å²) in [6.45, 7) is 0.336. The molecule has 0 aliphatic heterocycles. The molecule has 2 aromatic carbocycles. The zero-order chi connectivity index (χ0) is 18.0. The highest BCUT2D eigenvalue weighted by Crippen LogP contribution is 2.22. The van der Waals surface area contributed by atoms with Crippen LogP contribution in [0.5, 0.6) is 0 Å². The number of hydrogen-bond acceptors (Lipinski definition) is 4. The second-order valence-electron chi connectivity index (χ2n) is 5.06. The van der Waals surface area contributed by atoms with E-state index in [1.807, 2.05) is 0 Å². The minimum absolute atomic E-state index is 0.0204. The fraction of sp³-hybridized carbons (Fsp3) is 0.0667. The van der Waals surface area contributed by atoms with Gasteiger partial charge in [0.2, 0.25) is 0 Å². The molecule has 1 heterocycles. The molecule has 0 aliphatic carbocycles. The van der Waals surface area contributed by atoms with Crippen LogP contribution < -0.4 is 4.72 Å². The van der Waals surface area contributed by atoms with Crippen LogP contribution >= 0.6 is 39.1 Å². The lowest BCUT2D eigenvalue weighted by Gasteiger charge is -2.05. The van der Waals surface area contributed by atoms with Crippen molar-refractivity contribution >= 4 is 55.1 Å². The van der Waals surface area contributed by atoms with Gasteiger partial charge in [0.15, 0.2) is 0 Å². The van der Waals surface area contributed by atoms with E-state index in [-0.39, 0.29) is 10.8 Å². The summed E-state index contributed by atoms with van der Waals surface area (Å²) in [7, 11) is -3.76. The fourth-order valence-electron chi connectivity index (χ4n) is 2.03. The maximum absolute atomic E-state index is 12.3. The first kappa shape index (κ1) is 18.2. The summed E-state index contributed by atoms with van der Waals surface area (Å²) >= 11 is 15.3. The first-order valence-electron chi connectivity index (χ1n) is 6.95. The number of sulfonamides is 1. The normalized spacial score (nSPS) is 11.5. The Balaban J connectivity index is 1.76. The molecule has 6 nitrogen and oxygen atoms in total. The average molecular weight is 462 g/mol. The van der Waals surface area contributed by atoms with E-state index in [9.17, 15) is 8.42 Å². The molecule has 1 aromatic heterocycles. The number of aromatic nitrogens is 3. The zero-order valence-electron chi connectivity index (χ0n) is 12.5. The molecule has 0 spiro atoms. The second-order valence-corrected chi connectivity index (χ2v) is 8.50. The Bertz CT molecular complexity index is 1010. The van der Waals surface area contributed by atoms with Gasteiger partial charge in [0.1, 0.15) is 6.33 Å². The Kier molecular flexibility index (Phi) is 5.33. The molecule has 25 heavy (non-hydrogen) atoms. The van der Waals surface area contributed by atoms with Gasteiger partial charge in [-0.15, -0.1) is 5.10 Å². The molecule has 0 saturated heterocycles. The molecule has 3 aromatic rings. The lowest BCUT2D eigenvalue weighted by atomic mass is 10.2. The van der Waals surface area contributed by atoms with Gasteiger partial charge < -0.3 is 0 Å². The molecule has 0 radical (unpaired) electrons. The summed E-state index contributed by atoms with van der Waals surface area (Å²) in [6, 6.07) is 11.4. The van der Waals surface area contributed by atoms with Crippen molar-refractivity contribution in [1.82, 2.24) is 14.8 Å². The summed E-state index contributed by atoms with van der Waals surface area (Å²) in [4.78, 5) is 4.09. The standard InChI is InChI=1S/C15H11BrCl2N4O2S/c16-11-2-5-13(6-3-11)25(23,24)21-15-19-9-22(20-15)8-10-1-4-12(17)7-14(10)18/h1-7,9H,8H2,(H,20,21). The summed E-state index contributed by atoms with van der Waals surface area (Å²) in [5, 5.41) is 5.15. The van der Waals surface area contributed by atoms with E-state index in [0.29, 0.717) is 16.6 Å². The topological polar surface area (TPSA) is 76.9 Å². The highest BCUT2D eigenvalue weighted by atomic mass is 79.9. The van der Waals surface area contributed by atoms with E-state index in [4.69, 9.17) is 23.2 Å². The SMILES string of the molecule is O=S(=O)(Nc1ncn(Cc2ccc(Cl)cc2Cl)n1)c1ccc(Br)cc1. The zero-order valence-corrected chi connectivity index (χ0v) is 16.4. The number of anilines is 1. The molecular weight excluding hydrogens is 451 g/mol. The Labute approximate surface area is 163 Å². The molecule has 0 bridgehead atoms. The van der Waals surface area contributed by atoms with Gasteiger partial charge in [-0.1, -0.05) is 45.2 Å². The van der Waals surface area contributed by atoms with E-state index < -0.39 is 10.0 Å². The maximum Gasteiger partial charge on any atom is 0.264 e. The molecule has 130 valence electrons. The largest absolute Gasteiger partial charge is 0.264 e. The van der Waals surface area contributed by atoms with Crippen molar-refractivity contribution in [3.8, 4) is 0 Å². The predicted molar refractivity (Wildman–Crippen MR) is 101 cm³/mol. The number of nitrogens with one attached hydrogen (secondary N) is 1. The Morgan fingerprint density at radius 1 is 1.12 bits per heavy atom. The monoisotopic (exact) mass is 460 g/mol. The van der Waals surface area contributed by atoms with Crippen molar-refractivity contribution < 1.29 is 8.42 Å². The molecule has 0 aliphatic rings. The predicted octanol–water partition coefficient (Wildman–Crippen LogP) is 4.20. The van der Waals surface area contributed by atoms with Crippen LogP contribution in [-0.4, -0.2) is 23.2 Å². The van der Waals surface area contributed by atoms with Crippen molar-refractivity contribution in [3.05, 3.63) is 68.9 Å². The molecule has 0 amide bonds. The quantitative estimate of drug-likeness (QED) is 0.617. The van der Waals surface area contributed by atoms with Gasteiger partial charge in [0, 0.05) is 14.5 Å². The first-order chi connectivity index (χ1) is 11.8. The van der Waals surface area contributed by atoms with Gasteiger partial charge in [0.05, 0.1) is 11.4 Å². The van der Waals surface area contributed by atoms with E-state index in [0.717, 1.165) is 10.0 Å². The van der Waals surface area contributed by atoms with E-state index in [1.165, 1.54) is 23.1 Å². The van der Waals surface area contributed by atoms with Crippen molar-refractivity contribution in [1.29, 1.82) is 0 Å². The Morgan fingerprint density at radius 3 is 2.52 bits per heavy atom. The average Bonchev–Trinajstić information content (AvgIpc) is 2.97. The highest BCUT2D eigenvalue weighted by Gasteiger charge is 2.16. The second kappa shape index (κ2) is 7.33. The molecule has 10 heteroatoms. The summed E-state index contributed by atoms with van der Waals surface area (Å²) in [5.41, 5.74) is 0.790. The lowest BCUT2D eigenvalue weighted by molar-refractivity contribution is 0.600. The Hall–Kier alpha value is -1.61.